The van der Waals surface area contributed by atoms with Gasteiger partial charge in [-0.05, 0) is 32.1 Å². The van der Waals surface area contributed by atoms with E-state index in [-0.39, 0.29) is 6.61 Å². The van der Waals surface area contributed by atoms with E-state index in [0.29, 0.717) is 6.61 Å². The minimum absolute atomic E-state index is 0.130. The molecule has 22 heavy (non-hydrogen) atoms. The second kappa shape index (κ2) is 20.4. The lowest BCUT2D eigenvalue weighted by Gasteiger charge is -2.01. The Kier molecular flexibility index (Phi) is 19.8. The van der Waals surface area contributed by atoms with Crippen molar-refractivity contribution in [2.45, 2.75) is 96.8 Å². The van der Waals surface area contributed by atoms with Crippen LogP contribution in [0, 0.1) is 0 Å². The Morgan fingerprint density at radius 3 is 1.77 bits per heavy atom. The van der Waals surface area contributed by atoms with Crippen LogP contribution in [-0.4, -0.2) is 19.5 Å². The molecule has 0 amide bonds. The van der Waals surface area contributed by atoms with E-state index in [0.717, 1.165) is 6.42 Å². The molecule has 0 aliphatic heterocycles. The topological polar surface area (TPSA) is 26.3 Å². The van der Waals surface area contributed by atoms with Gasteiger partial charge in [-0.1, -0.05) is 76.9 Å². The molecule has 0 fully saturated rings. The van der Waals surface area contributed by atoms with E-state index in [1.165, 1.54) is 83.5 Å². The molecule has 0 aliphatic carbocycles. The van der Waals surface area contributed by atoms with Crippen molar-refractivity contribution in [2.24, 2.45) is 0 Å². The van der Waals surface area contributed by atoms with Gasteiger partial charge in [-0.2, -0.15) is 0 Å². The standard InChI is InChI=1S/C20H37O2/c1-2-3-4-5-6-7-8-9-10-11-12-13-14-15-16-17-19-22-20-18-21/h9-10H,2-8,11-17,19-20H2,1H3/b10-9-. The molecule has 0 aromatic heterocycles. The van der Waals surface area contributed by atoms with E-state index in [9.17, 15) is 4.79 Å². The molecule has 0 N–H and O–H groups in total. The second-order valence-corrected chi connectivity index (χ2v) is 6.13. The van der Waals surface area contributed by atoms with Crippen LogP contribution >= 0.6 is 0 Å². The van der Waals surface area contributed by atoms with Gasteiger partial charge in [0.25, 0.3) is 0 Å². The SMILES string of the molecule is CCCCCCCC/C=C\CCCCCCCCOC[C]=O. The lowest BCUT2D eigenvalue weighted by molar-refractivity contribution is 0.164. The molecule has 129 valence electrons. The molecule has 0 bridgehead atoms. The van der Waals surface area contributed by atoms with Crippen molar-refractivity contribution in [1.29, 1.82) is 0 Å². The van der Waals surface area contributed by atoms with E-state index in [1.807, 2.05) is 0 Å². The summed E-state index contributed by atoms with van der Waals surface area (Å²) in [5, 5.41) is 0. The molecule has 0 heterocycles. The van der Waals surface area contributed by atoms with Gasteiger partial charge in [0, 0.05) is 6.61 Å². The summed E-state index contributed by atoms with van der Waals surface area (Å²) in [6.45, 7) is 3.10. The number of ether oxygens (including phenoxy) is 1. The van der Waals surface area contributed by atoms with Gasteiger partial charge >= 0.3 is 0 Å². The van der Waals surface area contributed by atoms with Gasteiger partial charge < -0.3 is 4.74 Å². The van der Waals surface area contributed by atoms with Gasteiger partial charge in [0.2, 0.25) is 6.29 Å². The molecule has 0 unspecified atom stereocenters. The molecule has 0 aliphatic rings. The summed E-state index contributed by atoms with van der Waals surface area (Å²) < 4.78 is 5.07. The number of allylic oxidation sites excluding steroid dienone is 2. The maximum atomic E-state index is 9.92. The van der Waals surface area contributed by atoms with E-state index in [2.05, 4.69) is 19.1 Å². The van der Waals surface area contributed by atoms with Crippen LogP contribution in [-0.2, 0) is 9.53 Å². The Labute approximate surface area is 138 Å². The van der Waals surface area contributed by atoms with Crippen LogP contribution in [0.3, 0.4) is 0 Å². The van der Waals surface area contributed by atoms with Gasteiger partial charge in [0.05, 0.1) is 0 Å². The molecule has 0 saturated heterocycles. The predicted octanol–water partition coefficient (Wildman–Crippen LogP) is 6.15. The van der Waals surface area contributed by atoms with Gasteiger partial charge in [0.15, 0.2) is 0 Å². The Bertz CT molecular complexity index is 236. The lowest BCUT2D eigenvalue weighted by atomic mass is 10.1. The Balaban J connectivity index is 3.03. The van der Waals surface area contributed by atoms with Crippen LogP contribution in [0.5, 0.6) is 0 Å². The van der Waals surface area contributed by atoms with Crippen molar-refractivity contribution in [1.82, 2.24) is 0 Å². The predicted molar refractivity (Wildman–Crippen MR) is 96.0 cm³/mol. The minimum atomic E-state index is 0.130. The summed E-state index contributed by atoms with van der Waals surface area (Å²) in [5.74, 6) is 0. The van der Waals surface area contributed by atoms with Crippen LogP contribution in [0.1, 0.15) is 96.8 Å². The maximum absolute atomic E-state index is 9.92. The van der Waals surface area contributed by atoms with Gasteiger partial charge in [0.1, 0.15) is 6.61 Å². The summed E-state index contributed by atoms with van der Waals surface area (Å²) in [6.07, 6.45) is 24.9. The van der Waals surface area contributed by atoms with E-state index in [4.69, 9.17) is 4.74 Å². The number of rotatable bonds is 18. The molecule has 1 radical (unpaired) electrons. The van der Waals surface area contributed by atoms with Crippen LogP contribution in [0.4, 0.5) is 0 Å². The average Bonchev–Trinajstić information content (AvgIpc) is 2.54. The van der Waals surface area contributed by atoms with Crippen molar-refractivity contribution in [3.05, 3.63) is 12.2 Å². The molecular formula is C20H37O2. The number of carbonyl (C=O) groups excluding carboxylic acids is 1. The van der Waals surface area contributed by atoms with Gasteiger partial charge in [-0.3, -0.25) is 4.79 Å². The first-order valence-corrected chi connectivity index (χ1v) is 9.49. The highest BCUT2D eigenvalue weighted by Crippen LogP contribution is 2.09. The van der Waals surface area contributed by atoms with Crippen molar-refractivity contribution >= 4 is 6.29 Å². The van der Waals surface area contributed by atoms with Gasteiger partial charge in [-0.15, -0.1) is 0 Å². The molecule has 2 nitrogen and oxygen atoms in total. The molecule has 2 heteroatoms. The lowest BCUT2D eigenvalue weighted by Crippen LogP contribution is -1.97. The van der Waals surface area contributed by atoms with Crippen molar-refractivity contribution in [2.75, 3.05) is 13.2 Å². The highest BCUT2D eigenvalue weighted by molar-refractivity contribution is 5.51. The first-order chi connectivity index (χ1) is 10.9. The number of unbranched alkanes of at least 4 members (excludes halogenated alkanes) is 12. The fourth-order valence-corrected chi connectivity index (χ4v) is 2.57. The Hall–Kier alpha value is -0.630. The molecule has 0 atom stereocenters. The summed E-state index contributed by atoms with van der Waals surface area (Å²) >= 11 is 0. The second-order valence-electron chi connectivity index (χ2n) is 6.13. The summed E-state index contributed by atoms with van der Waals surface area (Å²) in [5.41, 5.74) is 0. The number of hydrogen-bond donors (Lipinski definition) is 0. The van der Waals surface area contributed by atoms with Crippen LogP contribution in [0.15, 0.2) is 12.2 Å². The quantitative estimate of drug-likeness (QED) is 0.224. The molecule has 0 aromatic rings. The maximum Gasteiger partial charge on any atom is 0.226 e. The van der Waals surface area contributed by atoms with Crippen molar-refractivity contribution < 1.29 is 9.53 Å². The highest BCUT2D eigenvalue weighted by atomic mass is 16.5. The summed E-state index contributed by atoms with van der Waals surface area (Å²) in [6, 6.07) is 0. The van der Waals surface area contributed by atoms with E-state index >= 15 is 0 Å². The molecule has 0 saturated carbocycles. The fourth-order valence-electron chi connectivity index (χ4n) is 2.57. The average molecular weight is 310 g/mol. The molecule has 0 rings (SSSR count). The summed E-state index contributed by atoms with van der Waals surface area (Å²) in [7, 11) is 0. The van der Waals surface area contributed by atoms with Gasteiger partial charge in [-0.25, -0.2) is 0 Å². The van der Waals surface area contributed by atoms with Crippen molar-refractivity contribution in [3.63, 3.8) is 0 Å². The fraction of sp³-hybridized carbons (Fsp3) is 0.850. The number of hydrogen-bond acceptors (Lipinski definition) is 2. The van der Waals surface area contributed by atoms with Crippen LogP contribution in [0.2, 0.25) is 0 Å². The third-order valence-corrected chi connectivity index (χ3v) is 3.96. The third-order valence-electron chi connectivity index (χ3n) is 3.96. The van der Waals surface area contributed by atoms with E-state index < -0.39 is 0 Å². The molecule has 0 spiro atoms. The van der Waals surface area contributed by atoms with E-state index in [1.54, 1.807) is 6.29 Å². The van der Waals surface area contributed by atoms with Crippen molar-refractivity contribution in [3.8, 4) is 0 Å². The zero-order valence-electron chi connectivity index (χ0n) is 14.8. The smallest absolute Gasteiger partial charge is 0.226 e. The first kappa shape index (κ1) is 21.4. The Morgan fingerprint density at radius 1 is 0.727 bits per heavy atom. The zero-order chi connectivity index (χ0) is 16.1. The monoisotopic (exact) mass is 309 g/mol. The highest BCUT2D eigenvalue weighted by Gasteiger charge is 1.92. The molecular weight excluding hydrogens is 272 g/mol. The minimum Gasteiger partial charge on any atom is -0.373 e. The largest absolute Gasteiger partial charge is 0.373 e. The summed E-state index contributed by atoms with van der Waals surface area (Å²) in [4.78, 5) is 9.92. The normalized spacial score (nSPS) is 11.3. The zero-order valence-corrected chi connectivity index (χ0v) is 14.8. The molecule has 0 aromatic carbocycles. The van der Waals surface area contributed by atoms with Crippen LogP contribution in [0.25, 0.3) is 0 Å². The third kappa shape index (κ3) is 19.4. The first-order valence-electron chi connectivity index (χ1n) is 9.49. The van der Waals surface area contributed by atoms with Crippen LogP contribution < -0.4 is 0 Å². The Morgan fingerprint density at radius 2 is 1.23 bits per heavy atom.